The van der Waals surface area contributed by atoms with Gasteiger partial charge >= 0.3 is 0 Å². The third-order valence-electron chi connectivity index (χ3n) is 5.44. The van der Waals surface area contributed by atoms with Gasteiger partial charge in [-0.25, -0.2) is 0 Å². The van der Waals surface area contributed by atoms with Gasteiger partial charge in [-0.2, -0.15) is 0 Å². The number of hydrogen-bond acceptors (Lipinski definition) is 4. The summed E-state index contributed by atoms with van der Waals surface area (Å²) < 4.78 is 2.19. The average molecular weight is 436 g/mol. The molecule has 0 radical (unpaired) electrons. The Kier molecular flexibility index (Phi) is 5.25. The van der Waals surface area contributed by atoms with Crippen molar-refractivity contribution in [2.45, 2.75) is 19.1 Å². The van der Waals surface area contributed by atoms with Crippen molar-refractivity contribution in [3.63, 3.8) is 0 Å². The van der Waals surface area contributed by atoms with E-state index in [0.29, 0.717) is 6.54 Å². The molecule has 1 aliphatic heterocycles. The van der Waals surface area contributed by atoms with Crippen molar-refractivity contribution in [2.75, 3.05) is 6.54 Å². The van der Waals surface area contributed by atoms with Crippen LogP contribution in [-0.2, 0) is 13.1 Å². The van der Waals surface area contributed by atoms with Crippen LogP contribution in [0.15, 0.2) is 73.1 Å². The Balaban J connectivity index is 1.50. The highest BCUT2D eigenvalue weighted by atomic mass is 35.5. The lowest BCUT2D eigenvalue weighted by molar-refractivity contribution is 0.176. The van der Waals surface area contributed by atoms with Crippen molar-refractivity contribution in [3.05, 3.63) is 100 Å². The average Bonchev–Trinajstić information content (AvgIpc) is 3.21. The fourth-order valence-corrected chi connectivity index (χ4v) is 4.26. The summed E-state index contributed by atoms with van der Waals surface area (Å²) in [6.45, 7) is 2.38. The molecule has 0 N–H and O–H groups in total. The minimum atomic E-state index is 0.0758. The Morgan fingerprint density at radius 1 is 0.800 bits per heavy atom. The molecule has 4 aromatic rings. The van der Waals surface area contributed by atoms with E-state index in [9.17, 15) is 0 Å². The number of fused-ring (bicyclic) bond motifs is 1. The number of hydrogen-bond donors (Lipinski definition) is 0. The van der Waals surface area contributed by atoms with E-state index in [-0.39, 0.29) is 6.04 Å². The molecule has 7 heteroatoms. The van der Waals surface area contributed by atoms with Crippen LogP contribution in [0, 0.1) is 0 Å². The zero-order chi connectivity index (χ0) is 20.5. The number of benzene rings is 2. The molecule has 0 saturated heterocycles. The molecule has 0 saturated carbocycles. The van der Waals surface area contributed by atoms with Crippen molar-refractivity contribution in [1.82, 2.24) is 24.6 Å². The molecular formula is C23H19Cl2N5. The van der Waals surface area contributed by atoms with Gasteiger partial charge < -0.3 is 4.57 Å². The summed E-state index contributed by atoms with van der Waals surface area (Å²) in [5, 5.41) is 10.4. The summed E-state index contributed by atoms with van der Waals surface area (Å²) in [6.07, 6.45) is 3.59. The Bertz CT molecular complexity index is 1100. The zero-order valence-corrected chi connectivity index (χ0v) is 17.6. The molecule has 1 aliphatic rings. The first-order valence-electron chi connectivity index (χ1n) is 9.76. The van der Waals surface area contributed by atoms with Gasteiger partial charge in [-0.1, -0.05) is 47.5 Å². The standard InChI is InChI=1S/C23H19Cl2N5/c24-19-7-3-16(4-8-19)22(17-5-9-20(25)10-6-17)29-12-13-30-21(15-29)27-28-23(30)18-2-1-11-26-14-18/h1-11,14,22H,12-13,15H2. The predicted molar refractivity (Wildman–Crippen MR) is 118 cm³/mol. The van der Waals surface area contributed by atoms with Gasteiger partial charge in [0, 0.05) is 41.1 Å². The second kappa shape index (κ2) is 8.19. The number of halogens is 2. The van der Waals surface area contributed by atoms with Gasteiger partial charge in [-0.3, -0.25) is 9.88 Å². The molecule has 0 spiro atoms. The van der Waals surface area contributed by atoms with Crippen LogP contribution in [0.5, 0.6) is 0 Å². The Morgan fingerprint density at radius 2 is 1.47 bits per heavy atom. The first kappa shape index (κ1) is 19.2. The van der Waals surface area contributed by atoms with E-state index in [0.717, 1.165) is 40.3 Å². The van der Waals surface area contributed by atoms with Gasteiger partial charge in [-0.15, -0.1) is 10.2 Å². The van der Waals surface area contributed by atoms with E-state index in [2.05, 4.69) is 48.9 Å². The van der Waals surface area contributed by atoms with Crippen molar-refractivity contribution >= 4 is 23.2 Å². The number of nitrogens with zero attached hydrogens (tertiary/aromatic N) is 5. The summed E-state index contributed by atoms with van der Waals surface area (Å²) in [6, 6.07) is 20.1. The lowest BCUT2D eigenvalue weighted by Gasteiger charge is -2.35. The van der Waals surface area contributed by atoms with E-state index in [1.807, 2.05) is 42.6 Å². The molecule has 0 atom stereocenters. The lowest BCUT2D eigenvalue weighted by Crippen LogP contribution is -2.37. The maximum absolute atomic E-state index is 6.14. The molecule has 30 heavy (non-hydrogen) atoms. The molecule has 5 rings (SSSR count). The molecule has 3 heterocycles. The minimum absolute atomic E-state index is 0.0758. The highest BCUT2D eigenvalue weighted by Crippen LogP contribution is 2.33. The van der Waals surface area contributed by atoms with Crippen LogP contribution in [0.1, 0.15) is 23.0 Å². The van der Waals surface area contributed by atoms with Crippen LogP contribution in [0.4, 0.5) is 0 Å². The number of pyridine rings is 1. The summed E-state index contributed by atoms with van der Waals surface area (Å²) in [5.41, 5.74) is 3.35. The largest absolute Gasteiger partial charge is 0.309 e. The fraction of sp³-hybridized carbons (Fsp3) is 0.174. The fourth-order valence-electron chi connectivity index (χ4n) is 4.01. The number of rotatable bonds is 4. The molecule has 0 unspecified atom stereocenters. The summed E-state index contributed by atoms with van der Waals surface area (Å²) in [5.74, 6) is 1.82. The Labute approximate surface area is 184 Å². The van der Waals surface area contributed by atoms with Crippen molar-refractivity contribution in [2.24, 2.45) is 0 Å². The van der Waals surface area contributed by atoms with E-state index in [1.54, 1.807) is 6.20 Å². The van der Waals surface area contributed by atoms with Gasteiger partial charge in [0.1, 0.15) is 5.82 Å². The summed E-state index contributed by atoms with van der Waals surface area (Å²) >= 11 is 12.3. The highest BCUT2D eigenvalue weighted by molar-refractivity contribution is 6.30. The van der Waals surface area contributed by atoms with Gasteiger partial charge in [0.05, 0.1) is 12.6 Å². The van der Waals surface area contributed by atoms with E-state index >= 15 is 0 Å². The first-order valence-corrected chi connectivity index (χ1v) is 10.5. The zero-order valence-electron chi connectivity index (χ0n) is 16.1. The molecule has 0 amide bonds. The smallest absolute Gasteiger partial charge is 0.165 e. The first-order chi connectivity index (χ1) is 14.7. The SMILES string of the molecule is Clc1ccc(C(c2ccc(Cl)cc2)N2CCn3c(nnc3-c3cccnc3)C2)cc1. The molecular weight excluding hydrogens is 417 g/mol. The van der Waals surface area contributed by atoms with Crippen molar-refractivity contribution in [3.8, 4) is 11.4 Å². The lowest BCUT2D eigenvalue weighted by atomic mass is 9.96. The topological polar surface area (TPSA) is 46.8 Å². The maximum Gasteiger partial charge on any atom is 0.165 e. The van der Waals surface area contributed by atoms with E-state index in [4.69, 9.17) is 23.2 Å². The Hall–Kier alpha value is -2.73. The predicted octanol–water partition coefficient (Wildman–Crippen LogP) is 5.25. The molecule has 0 fully saturated rings. The monoisotopic (exact) mass is 435 g/mol. The normalized spacial score (nSPS) is 14.1. The molecule has 2 aromatic carbocycles. The van der Waals surface area contributed by atoms with Crippen LogP contribution in [0.3, 0.4) is 0 Å². The molecule has 0 aliphatic carbocycles. The van der Waals surface area contributed by atoms with Crippen molar-refractivity contribution in [1.29, 1.82) is 0 Å². The summed E-state index contributed by atoms with van der Waals surface area (Å²) in [4.78, 5) is 6.63. The second-order valence-corrected chi connectivity index (χ2v) is 8.18. The van der Waals surface area contributed by atoms with Gasteiger partial charge in [0.25, 0.3) is 0 Å². The third-order valence-corrected chi connectivity index (χ3v) is 5.94. The Morgan fingerprint density at radius 3 is 2.07 bits per heavy atom. The molecule has 5 nitrogen and oxygen atoms in total. The van der Waals surface area contributed by atoms with E-state index in [1.165, 1.54) is 11.1 Å². The molecule has 0 bridgehead atoms. The summed E-state index contributed by atoms with van der Waals surface area (Å²) in [7, 11) is 0. The molecule has 2 aromatic heterocycles. The van der Waals surface area contributed by atoms with Crippen LogP contribution >= 0.6 is 23.2 Å². The van der Waals surface area contributed by atoms with Crippen LogP contribution in [-0.4, -0.2) is 31.2 Å². The maximum atomic E-state index is 6.14. The van der Waals surface area contributed by atoms with Gasteiger partial charge in [0.2, 0.25) is 0 Å². The van der Waals surface area contributed by atoms with Crippen LogP contribution < -0.4 is 0 Å². The minimum Gasteiger partial charge on any atom is -0.309 e. The van der Waals surface area contributed by atoms with Crippen LogP contribution in [0.25, 0.3) is 11.4 Å². The van der Waals surface area contributed by atoms with Crippen molar-refractivity contribution < 1.29 is 0 Å². The third kappa shape index (κ3) is 3.72. The number of aromatic nitrogens is 4. The van der Waals surface area contributed by atoms with E-state index < -0.39 is 0 Å². The quantitative estimate of drug-likeness (QED) is 0.438. The van der Waals surface area contributed by atoms with Crippen LogP contribution in [0.2, 0.25) is 10.0 Å². The van der Waals surface area contributed by atoms with Gasteiger partial charge in [-0.05, 0) is 47.5 Å². The highest BCUT2D eigenvalue weighted by Gasteiger charge is 2.29. The molecule has 150 valence electrons. The van der Waals surface area contributed by atoms with Gasteiger partial charge in [0.15, 0.2) is 5.82 Å². The second-order valence-electron chi connectivity index (χ2n) is 7.31.